The van der Waals surface area contributed by atoms with E-state index in [1.54, 1.807) is 24.6 Å². The summed E-state index contributed by atoms with van der Waals surface area (Å²) in [5, 5.41) is 16.5. The first-order chi connectivity index (χ1) is 8.94. The zero-order valence-electron chi connectivity index (χ0n) is 10.4. The lowest BCUT2D eigenvalue weighted by atomic mass is 10.3. The molecule has 1 unspecified atom stereocenters. The van der Waals surface area contributed by atoms with E-state index < -0.39 is 16.1 Å². The Kier molecular flexibility index (Phi) is 3.99. The number of nitrogens with one attached hydrogen (secondary N) is 1. The highest BCUT2D eigenvalue weighted by molar-refractivity contribution is 7.91. The number of sulfonamides is 1. The molecule has 9 heteroatoms. The third-order valence-electron chi connectivity index (χ3n) is 2.52. The molecule has 104 valence electrons. The zero-order valence-corrected chi connectivity index (χ0v) is 12.1. The van der Waals surface area contributed by atoms with Crippen LogP contribution in [0.15, 0.2) is 22.7 Å². The van der Waals surface area contributed by atoms with Gasteiger partial charge in [-0.1, -0.05) is 0 Å². The van der Waals surface area contributed by atoms with Crippen LogP contribution in [-0.4, -0.2) is 28.3 Å². The number of aliphatic hydroxyl groups is 1. The van der Waals surface area contributed by atoms with Crippen molar-refractivity contribution in [3.8, 4) is 0 Å². The van der Waals surface area contributed by atoms with E-state index in [1.165, 1.54) is 12.4 Å². The van der Waals surface area contributed by atoms with Gasteiger partial charge in [0.05, 0.1) is 12.6 Å². The van der Waals surface area contributed by atoms with Crippen LogP contribution in [0.4, 0.5) is 0 Å². The number of aliphatic hydroxyl groups excluding tert-OH is 1. The molecule has 2 N–H and O–H groups in total. The van der Waals surface area contributed by atoms with Crippen molar-refractivity contribution < 1.29 is 13.5 Å². The highest BCUT2D eigenvalue weighted by Crippen LogP contribution is 2.23. The molecule has 0 amide bonds. The molecule has 1 atom stereocenters. The third kappa shape index (κ3) is 3.00. The first kappa shape index (κ1) is 14.1. The van der Waals surface area contributed by atoms with Crippen molar-refractivity contribution in [2.45, 2.75) is 23.8 Å². The van der Waals surface area contributed by atoms with Gasteiger partial charge >= 0.3 is 0 Å². The maximum atomic E-state index is 12.1. The molecular formula is C10H14N4O3S2. The molecule has 0 fully saturated rings. The summed E-state index contributed by atoms with van der Waals surface area (Å²) in [6.07, 6.45) is 1.51. The van der Waals surface area contributed by atoms with Gasteiger partial charge in [-0.25, -0.2) is 13.1 Å². The summed E-state index contributed by atoms with van der Waals surface area (Å²) in [5.41, 5.74) is 0. The lowest BCUT2D eigenvalue weighted by Gasteiger charge is -2.12. The predicted molar refractivity (Wildman–Crippen MR) is 70.0 cm³/mol. The van der Waals surface area contributed by atoms with Crippen molar-refractivity contribution in [1.82, 2.24) is 19.5 Å². The number of nitrogens with zero attached hydrogens (tertiary/aromatic N) is 3. The van der Waals surface area contributed by atoms with E-state index in [1.807, 2.05) is 0 Å². The Bertz CT molecular complexity index is 662. The average Bonchev–Trinajstić information content (AvgIpc) is 2.96. The SMILES string of the molecule is CC(NS(=O)(=O)c1ccc(CO)s1)c1nncn1C. The minimum Gasteiger partial charge on any atom is -0.391 e. The Morgan fingerprint density at radius 3 is 2.79 bits per heavy atom. The second-order valence-electron chi connectivity index (χ2n) is 4.02. The van der Waals surface area contributed by atoms with Gasteiger partial charge in [0.25, 0.3) is 10.0 Å². The molecule has 0 aliphatic rings. The maximum Gasteiger partial charge on any atom is 0.250 e. The van der Waals surface area contributed by atoms with E-state index in [0.29, 0.717) is 10.7 Å². The Morgan fingerprint density at radius 2 is 2.26 bits per heavy atom. The first-order valence-corrected chi connectivity index (χ1v) is 7.80. The van der Waals surface area contributed by atoms with Crippen LogP contribution in [0, 0.1) is 0 Å². The van der Waals surface area contributed by atoms with E-state index >= 15 is 0 Å². The average molecular weight is 302 g/mol. The molecule has 0 aliphatic carbocycles. The van der Waals surface area contributed by atoms with Gasteiger partial charge < -0.3 is 9.67 Å². The fourth-order valence-electron chi connectivity index (χ4n) is 1.62. The van der Waals surface area contributed by atoms with Gasteiger partial charge in [-0.05, 0) is 19.1 Å². The van der Waals surface area contributed by atoms with Crippen molar-refractivity contribution in [1.29, 1.82) is 0 Å². The Labute approximate surface area is 115 Å². The minimum absolute atomic E-state index is 0.168. The Hall–Kier alpha value is -1.29. The van der Waals surface area contributed by atoms with Crippen LogP contribution in [0.5, 0.6) is 0 Å². The summed E-state index contributed by atoms with van der Waals surface area (Å²) in [4.78, 5) is 0.603. The van der Waals surface area contributed by atoms with Crippen LogP contribution >= 0.6 is 11.3 Å². The van der Waals surface area contributed by atoms with Crippen LogP contribution in [0.2, 0.25) is 0 Å². The standard InChI is InChI=1S/C10H14N4O3S2/c1-7(10-12-11-6-14(10)2)13-19(16,17)9-4-3-8(5-15)18-9/h3-4,6-7,13,15H,5H2,1-2H3. The molecule has 2 aromatic heterocycles. The molecular weight excluding hydrogens is 288 g/mol. The van der Waals surface area contributed by atoms with Gasteiger partial charge in [0, 0.05) is 11.9 Å². The molecule has 0 spiro atoms. The van der Waals surface area contributed by atoms with Crippen LogP contribution < -0.4 is 4.72 Å². The lowest BCUT2D eigenvalue weighted by Crippen LogP contribution is -2.28. The number of rotatable bonds is 5. The van der Waals surface area contributed by atoms with Crippen molar-refractivity contribution in [2.24, 2.45) is 7.05 Å². The number of aryl methyl sites for hydroxylation is 1. The molecule has 2 heterocycles. The van der Waals surface area contributed by atoms with Gasteiger partial charge in [0.2, 0.25) is 0 Å². The molecule has 2 rings (SSSR count). The highest BCUT2D eigenvalue weighted by Gasteiger charge is 2.22. The second-order valence-corrected chi connectivity index (χ2v) is 7.13. The minimum atomic E-state index is -3.62. The smallest absolute Gasteiger partial charge is 0.250 e. The third-order valence-corrected chi connectivity index (χ3v) is 5.63. The molecule has 7 nitrogen and oxygen atoms in total. The normalized spacial score (nSPS) is 13.6. The number of hydrogen-bond acceptors (Lipinski definition) is 6. The topological polar surface area (TPSA) is 97.1 Å². The monoisotopic (exact) mass is 302 g/mol. The molecule has 0 saturated heterocycles. The van der Waals surface area contributed by atoms with Crippen molar-refractivity contribution in [3.63, 3.8) is 0 Å². The van der Waals surface area contributed by atoms with Gasteiger partial charge in [-0.2, -0.15) is 0 Å². The van der Waals surface area contributed by atoms with Gasteiger partial charge in [-0.3, -0.25) is 0 Å². The fraction of sp³-hybridized carbons (Fsp3) is 0.400. The molecule has 0 radical (unpaired) electrons. The van der Waals surface area contributed by atoms with Crippen molar-refractivity contribution in [2.75, 3.05) is 0 Å². The van der Waals surface area contributed by atoms with Crippen LogP contribution in [-0.2, 0) is 23.7 Å². The summed E-state index contributed by atoms with van der Waals surface area (Å²) >= 11 is 1.04. The van der Waals surface area contributed by atoms with Gasteiger partial charge in [-0.15, -0.1) is 21.5 Å². The molecule has 0 saturated carbocycles. The largest absolute Gasteiger partial charge is 0.391 e. The van der Waals surface area contributed by atoms with E-state index in [9.17, 15) is 8.42 Å². The molecule has 0 aliphatic heterocycles. The van der Waals surface area contributed by atoms with E-state index in [2.05, 4.69) is 14.9 Å². The van der Waals surface area contributed by atoms with E-state index in [0.717, 1.165) is 11.3 Å². The van der Waals surface area contributed by atoms with Crippen LogP contribution in [0.25, 0.3) is 0 Å². The van der Waals surface area contributed by atoms with E-state index in [4.69, 9.17) is 5.11 Å². The molecule has 0 bridgehead atoms. The summed E-state index contributed by atoms with van der Waals surface area (Å²) in [6.45, 7) is 1.53. The van der Waals surface area contributed by atoms with E-state index in [-0.39, 0.29) is 10.8 Å². The lowest BCUT2D eigenvalue weighted by molar-refractivity contribution is 0.285. The highest BCUT2D eigenvalue weighted by atomic mass is 32.2. The summed E-state index contributed by atoms with van der Waals surface area (Å²) in [6, 6.07) is 2.57. The maximum absolute atomic E-state index is 12.1. The number of thiophene rings is 1. The Balaban J connectivity index is 2.20. The summed E-state index contributed by atoms with van der Waals surface area (Å²) < 4.78 is 28.6. The first-order valence-electron chi connectivity index (χ1n) is 5.50. The van der Waals surface area contributed by atoms with Crippen molar-refractivity contribution >= 4 is 21.4 Å². The van der Waals surface area contributed by atoms with Crippen molar-refractivity contribution in [3.05, 3.63) is 29.2 Å². The van der Waals surface area contributed by atoms with Crippen LogP contribution in [0.1, 0.15) is 23.7 Å². The molecule has 2 aromatic rings. The fourth-order valence-corrected chi connectivity index (χ4v) is 4.05. The van der Waals surface area contributed by atoms with Gasteiger partial charge in [0.15, 0.2) is 0 Å². The van der Waals surface area contributed by atoms with Gasteiger partial charge in [0.1, 0.15) is 16.4 Å². The summed E-state index contributed by atoms with van der Waals surface area (Å²) in [7, 11) is -1.87. The number of hydrogen-bond donors (Lipinski definition) is 2. The summed E-state index contributed by atoms with van der Waals surface area (Å²) in [5.74, 6) is 0.530. The number of aromatic nitrogens is 3. The predicted octanol–water partition coefficient (Wildman–Crippen LogP) is 0.408. The quantitative estimate of drug-likeness (QED) is 0.833. The van der Waals surface area contributed by atoms with Crippen LogP contribution in [0.3, 0.4) is 0 Å². The Morgan fingerprint density at radius 1 is 1.53 bits per heavy atom. The molecule has 19 heavy (non-hydrogen) atoms. The second kappa shape index (κ2) is 5.37. The zero-order chi connectivity index (χ0) is 14.0. The molecule has 0 aromatic carbocycles.